The van der Waals surface area contributed by atoms with E-state index in [0.717, 1.165) is 37.7 Å². The molecule has 1 aliphatic heterocycles. The number of hydrogen-bond donors (Lipinski definition) is 2. The molecule has 2 amide bonds. The van der Waals surface area contributed by atoms with Crippen molar-refractivity contribution >= 4 is 11.7 Å². The Morgan fingerprint density at radius 2 is 2.13 bits per heavy atom. The fourth-order valence-corrected chi connectivity index (χ4v) is 2.64. The summed E-state index contributed by atoms with van der Waals surface area (Å²) in [5.74, 6) is 1.40. The number of amides is 2. The maximum Gasteiger partial charge on any atom is 0.319 e. The Morgan fingerprint density at radius 3 is 2.78 bits per heavy atom. The molecule has 0 aliphatic carbocycles. The summed E-state index contributed by atoms with van der Waals surface area (Å²) in [5.41, 5.74) is 0.731. The molecule has 1 saturated heterocycles. The van der Waals surface area contributed by atoms with Gasteiger partial charge in [0, 0.05) is 31.9 Å². The number of hydrogen-bond acceptors (Lipinski definition) is 4. The predicted octanol–water partition coefficient (Wildman–Crippen LogP) is 2.17. The van der Waals surface area contributed by atoms with Gasteiger partial charge >= 0.3 is 6.03 Å². The van der Waals surface area contributed by atoms with Crippen LogP contribution < -0.4 is 15.4 Å². The Morgan fingerprint density at radius 1 is 1.39 bits per heavy atom. The number of carbonyl (C=O) groups is 1. The number of anilines is 1. The van der Waals surface area contributed by atoms with Crippen LogP contribution in [0.1, 0.15) is 13.8 Å². The highest BCUT2D eigenvalue weighted by molar-refractivity contribution is 5.89. The molecule has 1 unspecified atom stereocenters. The molecule has 0 bridgehead atoms. The number of nitrogens with one attached hydrogen (secondary N) is 2. The molecule has 2 rings (SSSR count). The third kappa shape index (κ3) is 6.08. The van der Waals surface area contributed by atoms with Crippen LogP contribution >= 0.6 is 0 Å². The second-order valence-electron chi connectivity index (χ2n) is 6.21. The SMILES string of the molecule is COc1ccc(NC(=O)NCC2CN(CC(C)C)CCO2)cc1. The molecule has 6 nitrogen and oxygen atoms in total. The lowest BCUT2D eigenvalue weighted by Crippen LogP contribution is -2.48. The predicted molar refractivity (Wildman–Crippen MR) is 91.0 cm³/mol. The monoisotopic (exact) mass is 321 g/mol. The van der Waals surface area contributed by atoms with Gasteiger partial charge in [-0.3, -0.25) is 4.90 Å². The van der Waals surface area contributed by atoms with E-state index in [1.807, 2.05) is 12.1 Å². The van der Waals surface area contributed by atoms with E-state index in [9.17, 15) is 4.79 Å². The molecule has 1 atom stereocenters. The molecule has 1 fully saturated rings. The van der Waals surface area contributed by atoms with E-state index in [-0.39, 0.29) is 12.1 Å². The van der Waals surface area contributed by atoms with Gasteiger partial charge in [-0.2, -0.15) is 0 Å². The molecule has 0 spiro atoms. The number of methoxy groups -OCH3 is 1. The minimum Gasteiger partial charge on any atom is -0.497 e. The zero-order valence-electron chi connectivity index (χ0n) is 14.2. The second kappa shape index (κ2) is 8.74. The Kier molecular flexibility index (Phi) is 6.67. The molecule has 1 aliphatic rings. The fraction of sp³-hybridized carbons (Fsp3) is 0.588. The highest BCUT2D eigenvalue weighted by Crippen LogP contribution is 2.14. The zero-order chi connectivity index (χ0) is 16.7. The third-order valence-corrected chi connectivity index (χ3v) is 3.68. The van der Waals surface area contributed by atoms with Gasteiger partial charge < -0.3 is 20.1 Å². The topological polar surface area (TPSA) is 62.8 Å². The number of morpholine rings is 1. The van der Waals surface area contributed by atoms with Gasteiger partial charge in [-0.05, 0) is 30.2 Å². The molecule has 128 valence electrons. The van der Waals surface area contributed by atoms with Gasteiger partial charge in [0.1, 0.15) is 5.75 Å². The first-order valence-electron chi connectivity index (χ1n) is 8.09. The van der Waals surface area contributed by atoms with E-state index in [2.05, 4.69) is 29.4 Å². The van der Waals surface area contributed by atoms with Gasteiger partial charge in [-0.1, -0.05) is 13.8 Å². The van der Waals surface area contributed by atoms with Crippen LogP contribution in [0.5, 0.6) is 5.75 Å². The van der Waals surface area contributed by atoms with Crippen LogP contribution in [0, 0.1) is 5.92 Å². The van der Waals surface area contributed by atoms with Gasteiger partial charge in [-0.25, -0.2) is 4.79 Å². The summed E-state index contributed by atoms with van der Waals surface area (Å²) < 4.78 is 10.8. The lowest BCUT2D eigenvalue weighted by molar-refractivity contribution is -0.0288. The molecule has 6 heteroatoms. The summed E-state index contributed by atoms with van der Waals surface area (Å²) >= 11 is 0. The Balaban J connectivity index is 1.72. The van der Waals surface area contributed by atoms with Crippen LogP contribution in [0.15, 0.2) is 24.3 Å². The lowest BCUT2D eigenvalue weighted by atomic mass is 10.2. The molecular formula is C17H27N3O3. The van der Waals surface area contributed by atoms with E-state index in [0.29, 0.717) is 12.5 Å². The Bertz CT molecular complexity index is 490. The number of urea groups is 1. The standard InChI is InChI=1S/C17H27N3O3/c1-13(2)11-20-8-9-23-16(12-20)10-18-17(21)19-14-4-6-15(22-3)7-5-14/h4-7,13,16H,8-12H2,1-3H3,(H2,18,19,21). The summed E-state index contributed by atoms with van der Waals surface area (Å²) in [5, 5.41) is 5.67. The highest BCUT2D eigenvalue weighted by atomic mass is 16.5. The van der Waals surface area contributed by atoms with Crippen molar-refractivity contribution in [2.45, 2.75) is 20.0 Å². The van der Waals surface area contributed by atoms with Crippen LogP contribution in [0.3, 0.4) is 0 Å². The van der Waals surface area contributed by atoms with Crippen LogP contribution in [0.2, 0.25) is 0 Å². The van der Waals surface area contributed by atoms with Crippen molar-refractivity contribution in [3.8, 4) is 5.75 Å². The van der Waals surface area contributed by atoms with Gasteiger partial charge in [0.2, 0.25) is 0 Å². The van der Waals surface area contributed by atoms with Crippen molar-refractivity contribution in [3.05, 3.63) is 24.3 Å². The summed E-state index contributed by atoms with van der Waals surface area (Å²) in [6.07, 6.45) is 0.0455. The number of carbonyl (C=O) groups excluding carboxylic acids is 1. The average molecular weight is 321 g/mol. The van der Waals surface area contributed by atoms with Crippen molar-refractivity contribution in [3.63, 3.8) is 0 Å². The third-order valence-electron chi connectivity index (χ3n) is 3.68. The van der Waals surface area contributed by atoms with E-state index >= 15 is 0 Å². The van der Waals surface area contributed by atoms with Gasteiger partial charge in [0.15, 0.2) is 0 Å². The first-order valence-corrected chi connectivity index (χ1v) is 8.09. The Labute approximate surface area is 138 Å². The van der Waals surface area contributed by atoms with Crippen molar-refractivity contribution in [2.75, 3.05) is 45.2 Å². The van der Waals surface area contributed by atoms with E-state index in [4.69, 9.17) is 9.47 Å². The quantitative estimate of drug-likeness (QED) is 0.843. The molecule has 1 aromatic carbocycles. The zero-order valence-corrected chi connectivity index (χ0v) is 14.2. The molecule has 1 heterocycles. The molecule has 0 aromatic heterocycles. The normalized spacial score (nSPS) is 18.7. The molecule has 23 heavy (non-hydrogen) atoms. The lowest BCUT2D eigenvalue weighted by Gasteiger charge is -2.33. The van der Waals surface area contributed by atoms with Crippen LogP contribution in [-0.2, 0) is 4.74 Å². The summed E-state index contributed by atoms with van der Waals surface area (Å²) in [7, 11) is 1.61. The number of benzene rings is 1. The molecule has 1 aromatic rings. The van der Waals surface area contributed by atoms with Gasteiger partial charge in [-0.15, -0.1) is 0 Å². The minimum absolute atomic E-state index is 0.0455. The summed E-state index contributed by atoms with van der Waals surface area (Å²) in [6, 6.07) is 7.01. The van der Waals surface area contributed by atoms with Crippen molar-refractivity contribution in [1.82, 2.24) is 10.2 Å². The van der Waals surface area contributed by atoms with Gasteiger partial charge in [0.05, 0.1) is 19.8 Å². The molecular weight excluding hydrogens is 294 g/mol. The average Bonchev–Trinajstić information content (AvgIpc) is 2.53. The minimum atomic E-state index is -0.222. The molecule has 2 N–H and O–H groups in total. The maximum absolute atomic E-state index is 11.9. The largest absolute Gasteiger partial charge is 0.497 e. The van der Waals surface area contributed by atoms with E-state index in [1.165, 1.54) is 0 Å². The van der Waals surface area contributed by atoms with E-state index < -0.39 is 0 Å². The van der Waals surface area contributed by atoms with Gasteiger partial charge in [0.25, 0.3) is 0 Å². The fourth-order valence-electron chi connectivity index (χ4n) is 2.64. The van der Waals surface area contributed by atoms with Crippen LogP contribution in [0.25, 0.3) is 0 Å². The van der Waals surface area contributed by atoms with Crippen molar-refractivity contribution in [1.29, 1.82) is 0 Å². The van der Waals surface area contributed by atoms with Crippen LogP contribution in [-0.4, -0.2) is 56.9 Å². The molecule has 0 radical (unpaired) electrons. The number of nitrogens with zero attached hydrogens (tertiary/aromatic N) is 1. The summed E-state index contributed by atoms with van der Waals surface area (Å²) in [4.78, 5) is 14.3. The maximum atomic E-state index is 11.9. The highest BCUT2D eigenvalue weighted by Gasteiger charge is 2.21. The molecule has 0 saturated carbocycles. The Hall–Kier alpha value is -1.79. The van der Waals surface area contributed by atoms with Crippen molar-refractivity contribution in [2.24, 2.45) is 5.92 Å². The number of ether oxygens (including phenoxy) is 2. The summed E-state index contributed by atoms with van der Waals surface area (Å²) in [6.45, 7) is 8.55. The smallest absolute Gasteiger partial charge is 0.319 e. The number of rotatable bonds is 6. The first kappa shape index (κ1) is 17.6. The van der Waals surface area contributed by atoms with Crippen molar-refractivity contribution < 1.29 is 14.3 Å². The first-order chi connectivity index (χ1) is 11.1. The second-order valence-corrected chi connectivity index (χ2v) is 6.21. The van der Waals surface area contributed by atoms with Crippen LogP contribution in [0.4, 0.5) is 10.5 Å². The van der Waals surface area contributed by atoms with E-state index in [1.54, 1.807) is 19.2 Å².